The molecular formula is C16H23NO4. The van der Waals surface area contributed by atoms with Crippen LogP contribution in [0.25, 0.3) is 0 Å². The fourth-order valence-electron chi connectivity index (χ4n) is 1.91. The van der Waals surface area contributed by atoms with Crippen molar-refractivity contribution < 1.29 is 19.1 Å². The zero-order valence-corrected chi connectivity index (χ0v) is 13.2. The monoisotopic (exact) mass is 293 g/mol. The standard InChI is InChI=1S/C16H23NO4/c1-11(14(18)20-5)13(12-9-7-6-8-10-12)17-15(19)21-16(2,3)4/h6-11,13H,1-5H3,(H,17,19). The number of esters is 1. The second-order valence-electron chi connectivity index (χ2n) is 5.85. The molecule has 0 aliphatic heterocycles. The zero-order valence-electron chi connectivity index (χ0n) is 13.2. The lowest BCUT2D eigenvalue weighted by molar-refractivity contribution is -0.145. The van der Waals surface area contributed by atoms with Gasteiger partial charge in [-0.2, -0.15) is 0 Å². The van der Waals surface area contributed by atoms with Crippen LogP contribution in [0.3, 0.4) is 0 Å². The number of carbonyl (C=O) groups is 2. The topological polar surface area (TPSA) is 64.6 Å². The first-order valence-electron chi connectivity index (χ1n) is 6.87. The van der Waals surface area contributed by atoms with Crippen molar-refractivity contribution in [3.8, 4) is 0 Å². The highest BCUT2D eigenvalue weighted by Crippen LogP contribution is 2.23. The Labute approximate surface area is 125 Å². The molecule has 2 atom stereocenters. The molecule has 0 aromatic heterocycles. The molecule has 0 radical (unpaired) electrons. The SMILES string of the molecule is COC(=O)C(C)C(NC(=O)OC(C)(C)C)c1ccccc1. The summed E-state index contributed by atoms with van der Waals surface area (Å²) in [6.07, 6.45) is -0.563. The van der Waals surface area contributed by atoms with Crippen LogP contribution in [0.15, 0.2) is 30.3 Å². The average Bonchev–Trinajstić information content (AvgIpc) is 2.42. The molecule has 0 aliphatic carbocycles. The van der Waals surface area contributed by atoms with Crippen LogP contribution >= 0.6 is 0 Å². The first kappa shape index (κ1) is 17.0. The molecule has 1 aromatic rings. The van der Waals surface area contributed by atoms with Gasteiger partial charge in [0, 0.05) is 0 Å². The van der Waals surface area contributed by atoms with E-state index in [4.69, 9.17) is 9.47 Å². The predicted molar refractivity (Wildman–Crippen MR) is 79.7 cm³/mol. The van der Waals surface area contributed by atoms with Gasteiger partial charge in [-0.3, -0.25) is 4.79 Å². The molecule has 0 spiro atoms. The van der Waals surface area contributed by atoms with E-state index in [0.717, 1.165) is 5.56 Å². The fourth-order valence-corrected chi connectivity index (χ4v) is 1.91. The number of amides is 1. The fraction of sp³-hybridized carbons (Fsp3) is 0.500. The molecule has 0 saturated carbocycles. The average molecular weight is 293 g/mol. The van der Waals surface area contributed by atoms with Crippen LogP contribution in [-0.4, -0.2) is 24.8 Å². The third-order valence-electron chi connectivity index (χ3n) is 2.90. The summed E-state index contributed by atoms with van der Waals surface area (Å²) in [4.78, 5) is 23.8. The van der Waals surface area contributed by atoms with Crippen LogP contribution < -0.4 is 5.32 Å². The first-order chi connectivity index (χ1) is 9.74. The highest BCUT2D eigenvalue weighted by atomic mass is 16.6. The Morgan fingerprint density at radius 3 is 2.19 bits per heavy atom. The number of methoxy groups -OCH3 is 1. The van der Waals surface area contributed by atoms with Crippen molar-refractivity contribution in [2.24, 2.45) is 5.92 Å². The van der Waals surface area contributed by atoms with Crippen molar-refractivity contribution in [1.29, 1.82) is 0 Å². The molecule has 0 heterocycles. The van der Waals surface area contributed by atoms with Gasteiger partial charge >= 0.3 is 12.1 Å². The largest absolute Gasteiger partial charge is 0.469 e. The van der Waals surface area contributed by atoms with Gasteiger partial charge in [-0.25, -0.2) is 4.79 Å². The van der Waals surface area contributed by atoms with E-state index in [0.29, 0.717) is 0 Å². The van der Waals surface area contributed by atoms with Crippen LogP contribution in [0.5, 0.6) is 0 Å². The van der Waals surface area contributed by atoms with Gasteiger partial charge in [-0.1, -0.05) is 30.3 Å². The first-order valence-corrected chi connectivity index (χ1v) is 6.87. The minimum Gasteiger partial charge on any atom is -0.469 e. The Hall–Kier alpha value is -2.04. The van der Waals surface area contributed by atoms with Crippen molar-refractivity contribution in [2.45, 2.75) is 39.3 Å². The number of nitrogens with one attached hydrogen (secondary N) is 1. The lowest BCUT2D eigenvalue weighted by Crippen LogP contribution is -2.39. The van der Waals surface area contributed by atoms with Crippen molar-refractivity contribution in [1.82, 2.24) is 5.32 Å². The number of ether oxygens (including phenoxy) is 2. The molecule has 0 fully saturated rings. The van der Waals surface area contributed by atoms with Gasteiger partial charge in [0.15, 0.2) is 0 Å². The highest BCUT2D eigenvalue weighted by molar-refractivity contribution is 5.75. The number of hydrogen-bond donors (Lipinski definition) is 1. The van der Waals surface area contributed by atoms with Gasteiger partial charge in [0.2, 0.25) is 0 Å². The van der Waals surface area contributed by atoms with E-state index in [1.54, 1.807) is 27.7 Å². The summed E-state index contributed by atoms with van der Waals surface area (Å²) in [5.41, 5.74) is 0.223. The maximum absolute atomic E-state index is 12.0. The maximum atomic E-state index is 12.0. The van der Waals surface area contributed by atoms with Gasteiger partial charge in [0.05, 0.1) is 19.1 Å². The lowest BCUT2D eigenvalue weighted by atomic mass is 9.94. The van der Waals surface area contributed by atoms with Crippen LogP contribution in [0.1, 0.15) is 39.3 Å². The minimum absolute atomic E-state index is 0.389. The summed E-state index contributed by atoms with van der Waals surface area (Å²) < 4.78 is 10.0. The summed E-state index contributed by atoms with van der Waals surface area (Å²) >= 11 is 0. The molecule has 1 amide bonds. The van der Waals surface area contributed by atoms with E-state index < -0.39 is 23.7 Å². The van der Waals surface area contributed by atoms with Crippen molar-refractivity contribution >= 4 is 12.1 Å². The van der Waals surface area contributed by atoms with Gasteiger partial charge in [-0.05, 0) is 33.3 Å². The van der Waals surface area contributed by atoms with Crippen LogP contribution in [0, 0.1) is 5.92 Å². The molecule has 0 saturated heterocycles. The van der Waals surface area contributed by atoms with Crippen molar-refractivity contribution in [3.63, 3.8) is 0 Å². The smallest absolute Gasteiger partial charge is 0.408 e. The molecule has 21 heavy (non-hydrogen) atoms. The highest BCUT2D eigenvalue weighted by Gasteiger charge is 2.29. The third kappa shape index (κ3) is 5.45. The minimum atomic E-state index is -0.597. The lowest BCUT2D eigenvalue weighted by Gasteiger charge is -2.26. The number of carbonyl (C=O) groups excluding carboxylic acids is 2. The molecule has 0 aliphatic rings. The summed E-state index contributed by atoms with van der Waals surface area (Å²) in [5, 5.41) is 2.74. The third-order valence-corrected chi connectivity index (χ3v) is 2.90. The predicted octanol–water partition coefficient (Wildman–Crippen LogP) is 3.06. The van der Waals surface area contributed by atoms with Crippen LogP contribution in [0.4, 0.5) is 4.79 Å². The number of rotatable bonds is 4. The summed E-state index contributed by atoms with van der Waals surface area (Å²) in [6, 6.07) is 8.76. The van der Waals surface area contributed by atoms with E-state index in [2.05, 4.69) is 5.32 Å². The van der Waals surface area contributed by atoms with E-state index in [1.807, 2.05) is 30.3 Å². The summed E-state index contributed by atoms with van der Waals surface area (Å²) in [6.45, 7) is 7.07. The van der Waals surface area contributed by atoms with Gasteiger partial charge in [-0.15, -0.1) is 0 Å². The molecule has 116 valence electrons. The molecule has 1 aromatic carbocycles. The van der Waals surface area contributed by atoms with E-state index >= 15 is 0 Å². The van der Waals surface area contributed by atoms with E-state index in [1.165, 1.54) is 7.11 Å². The van der Waals surface area contributed by atoms with E-state index in [9.17, 15) is 9.59 Å². The van der Waals surface area contributed by atoms with Crippen molar-refractivity contribution in [3.05, 3.63) is 35.9 Å². The maximum Gasteiger partial charge on any atom is 0.408 e. The Balaban J connectivity index is 2.93. The van der Waals surface area contributed by atoms with Gasteiger partial charge in [0.25, 0.3) is 0 Å². The second-order valence-corrected chi connectivity index (χ2v) is 5.85. The summed E-state index contributed by atoms with van der Waals surface area (Å²) in [7, 11) is 1.33. The van der Waals surface area contributed by atoms with E-state index in [-0.39, 0.29) is 5.97 Å². The molecule has 5 heteroatoms. The molecule has 1 N–H and O–H groups in total. The van der Waals surface area contributed by atoms with Crippen molar-refractivity contribution in [2.75, 3.05) is 7.11 Å². The number of benzene rings is 1. The Bertz CT molecular complexity index is 479. The Kier molecular flexibility index (Phi) is 5.76. The van der Waals surface area contributed by atoms with Gasteiger partial charge < -0.3 is 14.8 Å². The number of alkyl carbamates (subject to hydrolysis) is 1. The summed E-state index contributed by atoms with van der Waals surface area (Å²) in [5.74, 6) is -0.912. The quantitative estimate of drug-likeness (QED) is 0.867. The second kappa shape index (κ2) is 7.11. The Morgan fingerprint density at radius 1 is 1.14 bits per heavy atom. The molecular weight excluding hydrogens is 270 g/mol. The Morgan fingerprint density at radius 2 is 1.71 bits per heavy atom. The number of hydrogen-bond acceptors (Lipinski definition) is 4. The zero-order chi connectivity index (χ0) is 16.0. The molecule has 2 unspecified atom stereocenters. The van der Waals surface area contributed by atoms with Crippen LogP contribution in [0.2, 0.25) is 0 Å². The van der Waals surface area contributed by atoms with Gasteiger partial charge in [0.1, 0.15) is 5.60 Å². The normalized spacial score (nSPS) is 14.0. The molecule has 5 nitrogen and oxygen atoms in total. The molecule has 1 rings (SSSR count). The molecule has 0 bridgehead atoms. The van der Waals surface area contributed by atoms with Crippen LogP contribution in [-0.2, 0) is 14.3 Å².